The summed E-state index contributed by atoms with van der Waals surface area (Å²) in [5.74, 6) is 0. The zero-order valence-corrected chi connectivity index (χ0v) is 6.54. The average Bonchev–Trinajstić information content (AvgIpc) is 1.93. The first-order valence-electron chi connectivity index (χ1n) is 3.44. The Labute approximate surface area is 66.2 Å². The molecule has 1 aliphatic carbocycles. The fourth-order valence-electron chi connectivity index (χ4n) is 0.922. The summed E-state index contributed by atoms with van der Waals surface area (Å²) in [5, 5.41) is 0. The first-order chi connectivity index (χ1) is 5.01. The molecule has 0 saturated carbocycles. The number of nitrogens with two attached hydrogens (primary N) is 3. The van der Waals surface area contributed by atoms with E-state index in [0.717, 1.165) is 0 Å². The number of allylic oxidation sites excluding steroid dienone is 2. The van der Waals surface area contributed by atoms with Crippen LogP contribution in [0.25, 0.3) is 0 Å². The standard InChI is InChI=1S/C8H13N3/c1-8(11)4-2-3-6(9)7(10)5-8/h2-5H,9-11H2,1H3. The first kappa shape index (κ1) is 7.88. The smallest absolute Gasteiger partial charge is 0.0545 e. The Kier molecular flexibility index (Phi) is 1.74. The molecule has 0 aromatic carbocycles. The van der Waals surface area contributed by atoms with Crippen LogP contribution in [0.1, 0.15) is 6.92 Å². The van der Waals surface area contributed by atoms with Gasteiger partial charge in [0.25, 0.3) is 0 Å². The van der Waals surface area contributed by atoms with Crippen LogP contribution < -0.4 is 17.2 Å². The van der Waals surface area contributed by atoms with Crippen molar-refractivity contribution in [3.8, 4) is 0 Å². The van der Waals surface area contributed by atoms with Crippen molar-refractivity contribution in [1.29, 1.82) is 0 Å². The molecule has 1 aliphatic rings. The lowest BCUT2D eigenvalue weighted by atomic mass is 10.0. The number of hydrogen-bond acceptors (Lipinski definition) is 3. The zero-order valence-electron chi connectivity index (χ0n) is 6.54. The van der Waals surface area contributed by atoms with Crippen molar-refractivity contribution in [2.24, 2.45) is 17.2 Å². The minimum absolute atomic E-state index is 0.484. The van der Waals surface area contributed by atoms with Crippen molar-refractivity contribution >= 4 is 0 Å². The van der Waals surface area contributed by atoms with E-state index in [-0.39, 0.29) is 0 Å². The van der Waals surface area contributed by atoms with E-state index >= 15 is 0 Å². The Bertz CT molecular complexity index is 246. The SMILES string of the molecule is CC1(N)C=CC=C(N)C(N)=C1. The van der Waals surface area contributed by atoms with E-state index < -0.39 is 5.54 Å². The lowest BCUT2D eigenvalue weighted by molar-refractivity contribution is 0.730. The highest BCUT2D eigenvalue weighted by Gasteiger charge is 2.13. The fraction of sp³-hybridized carbons (Fsp3) is 0.250. The van der Waals surface area contributed by atoms with Gasteiger partial charge in [-0.25, -0.2) is 0 Å². The summed E-state index contributed by atoms with van der Waals surface area (Å²) in [7, 11) is 0. The van der Waals surface area contributed by atoms with Crippen molar-refractivity contribution < 1.29 is 0 Å². The lowest BCUT2D eigenvalue weighted by Gasteiger charge is -2.14. The van der Waals surface area contributed by atoms with E-state index in [9.17, 15) is 0 Å². The normalized spacial score (nSPS) is 30.7. The van der Waals surface area contributed by atoms with Crippen molar-refractivity contribution in [2.45, 2.75) is 12.5 Å². The molecule has 0 bridgehead atoms. The molecule has 0 aromatic rings. The third kappa shape index (κ3) is 1.85. The molecule has 0 heterocycles. The third-order valence-electron chi connectivity index (χ3n) is 1.53. The Morgan fingerprint density at radius 1 is 1.27 bits per heavy atom. The zero-order chi connectivity index (χ0) is 8.48. The second-order valence-corrected chi connectivity index (χ2v) is 2.95. The van der Waals surface area contributed by atoms with Gasteiger partial charge in [0.05, 0.1) is 16.9 Å². The molecule has 3 nitrogen and oxygen atoms in total. The van der Waals surface area contributed by atoms with E-state index in [1.165, 1.54) is 0 Å². The highest BCUT2D eigenvalue weighted by molar-refractivity contribution is 5.37. The van der Waals surface area contributed by atoms with Crippen LogP contribution in [0.3, 0.4) is 0 Å². The van der Waals surface area contributed by atoms with Gasteiger partial charge in [0.1, 0.15) is 0 Å². The maximum absolute atomic E-state index is 5.80. The van der Waals surface area contributed by atoms with Gasteiger partial charge in [-0.05, 0) is 19.1 Å². The molecular formula is C8H13N3. The molecule has 11 heavy (non-hydrogen) atoms. The predicted molar refractivity (Wildman–Crippen MR) is 46.3 cm³/mol. The summed E-state index contributed by atoms with van der Waals surface area (Å²) in [5.41, 5.74) is 17.6. The van der Waals surface area contributed by atoms with Gasteiger partial charge in [-0.15, -0.1) is 0 Å². The van der Waals surface area contributed by atoms with E-state index in [2.05, 4.69) is 0 Å². The van der Waals surface area contributed by atoms with Gasteiger partial charge in [-0.1, -0.05) is 12.2 Å². The molecule has 3 heteroatoms. The molecule has 1 rings (SSSR count). The number of rotatable bonds is 0. The van der Waals surface area contributed by atoms with Gasteiger partial charge in [0.2, 0.25) is 0 Å². The van der Waals surface area contributed by atoms with Gasteiger partial charge >= 0.3 is 0 Å². The molecule has 0 aromatic heterocycles. The van der Waals surface area contributed by atoms with Gasteiger partial charge < -0.3 is 17.2 Å². The highest BCUT2D eigenvalue weighted by atomic mass is 14.7. The molecule has 60 valence electrons. The van der Waals surface area contributed by atoms with Crippen LogP contribution in [0.5, 0.6) is 0 Å². The summed E-state index contributed by atoms with van der Waals surface area (Å²) in [6.07, 6.45) is 7.14. The topological polar surface area (TPSA) is 78.1 Å². The van der Waals surface area contributed by atoms with Gasteiger partial charge in [0.15, 0.2) is 0 Å². The van der Waals surface area contributed by atoms with Crippen LogP contribution >= 0.6 is 0 Å². The van der Waals surface area contributed by atoms with Crippen LogP contribution in [-0.4, -0.2) is 5.54 Å². The molecule has 0 amide bonds. The van der Waals surface area contributed by atoms with E-state index in [0.29, 0.717) is 11.4 Å². The molecule has 1 atom stereocenters. The second kappa shape index (κ2) is 2.43. The predicted octanol–water partition coefficient (Wildman–Crippen LogP) is -0.0412. The third-order valence-corrected chi connectivity index (χ3v) is 1.53. The fourth-order valence-corrected chi connectivity index (χ4v) is 0.922. The van der Waals surface area contributed by atoms with Crippen LogP contribution in [0.15, 0.2) is 35.7 Å². The van der Waals surface area contributed by atoms with E-state index in [1.54, 1.807) is 12.2 Å². The average molecular weight is 151 g/mol. The summed E-state index contributed by atoms with van der Waals surface area (Å²) < 4.78 is 0. The Morgan fingerprint density at radius 3 is 2.55 bits per heavy atom. The first-order valence-corrected chi connectivity index (χ1v) is 3.44. The Morgan fingerprint density at radius 2 is 1.91 bits per heavy atom. The molecule has 0 saturated heterocycles. The van der Waals surface area contributed by atoms with E-state index in [4.69, 9.17) is 17.2 Å². The van der Waals surface area contributed by atoms with Crippen molar-refractivity contribution in [3.63, 3.8) is 0 Å². The Hall–Kier alpha value is -1.22. The molecule has 0 radical (unpaired) electrons. The minimum atomic E-state index is -0.484. The molecule has 6 N–H and O–H groups in total. The van der Waals surface area contributed by atoms with Crippen molar-refractivity contribution in [3.05, 3.63) is 35.7 Å². The van der Waals surface area contributed by atoms with Crippen LogP contribution in [-0.2, 0) is 0 Å². The quantitative estimate of drug-likeness (QED) is 0.454. The van der Waals surface area contributed by atoms with Crippen LogP contribution in [0.2, 0.25) is 0 Å². The minimum Gasteiger partial charge on any atom is -0.397 e. The van der Waals surface area contributed by atoms with Crippen LogP contribution in [0, 0.1) is 0 Å². The molecule has 0 aliphatic heterocycles. The summed E-state index contributed by atoms with van der Waals surface area (Å²) >= 11 is 0. The largest absolute Gasteiger partial charge is 0.397 e. The highest BCUT2D eigenvalue weighted by Crippen LogP contribution is 2.12. The van der Waals surface area contributed by atoms with E-state index in [1.807, 2.05) is 19.1 Å². The Balaban J connectivity index is 3.03. The lowest BCUT2D eigenvalue weighted by Crippen LogP contribution is -2.32. The van der Waals surface area contributed by atoms with Crippen LogP contribution in [0.4, 0.5) is 0 Å². The molecular weight excluding hydrogens is 138 g/mol. The second-order valence-electron chi connectivity index (χ2n) is 2.95. The van der Waals surface area contributed by atoms with Gasteiger partial charge in [0, 0.05) is 0 Å². The molecule has 1 unspecified atom stereocenters. The van der Waals surface area contributed by atoms with Gasteiger partial charge in [-0.3, -0.25) is 0 Å². The summed E-state index contributed by atoms with van der Waals surface area (Å²) in [6, 6.07) is 0. The maximum atomic E-state index is 5.80. The van der Waals surface area contributed by atoms with Crippen molar-refractivity contribution in [2.75, 3.05) is 0 Å². The molecule has 0 spiro atoms. The summed E-state index contributed by atoms with van der Waals surface area (Å²) in [4.78, 5) is 0. The van der Waals surface area contributed by atoms with Crippen molar-refractivity contribution in [1.82, 2.24) is 0 Å². The monoisotopic (exact) mass is 151 g/mol. The number of hydrogen-bond donors (Lipinski definition) is 3. The van der Waals surface area contributed by atoms with Gasteiger partial charge in [-0.2, -0.15) is 0 Å². The summed E-state index contributed by atoms with van der Waals surface area (Å²) in [6.45, 7) is 1.86. The maximum Gasteiger partial charge on any atom is 0.0545 e. The molecule has 0 fully saturated rings.